The van der Waals surface area contributed by atoms with Crippen LogP contribution in [0.15, 0.2) is 35.2 Å². The number of anilines is 2. The SMILES string of the molecule is O[S+]1CCc2nc(N3CC(c4ccccc4)C3)nc(NC3CCOCC3)c21. The zero-order valence-corrected chi connectivity index (χ0v) is 16.1. The number of rotatable bonds is 4. The predicted molar refractivity (Wildman–Crippen MR) is 108 cm³/mol. The first-order valence-electron chi connectivity index (χ1n) is 9.73. The van der Waals surface area contributed by atoms with Crippen LogP contribution in [-0.4, -0.2) is 52.6 Å². The lowest BCUT2D eigenvalue weighted by molar-refractivity contribution is 0.0903. The maximum atomic E-state index is 10.5. The van der Waals surface area contributed by atoms with E-state index in [1.807, 2.05) is 0 Å². The van der Waals surface area contributed by atoms with Gasteiger partial charge in [0.25, 0.3) is 4.90 Å². The molecule has 1 aromatic carbocycles. The van der Waals surface area contributed by atoms with E-state index in [-0.39, 0.29) is 0 Å². The molecule has 142 valence electrons. The van der Waals surface area contributed by atoms with Crippen molar-refractivity contribution in [2.75, 3.05) is 42.3 Å². The molecule has 0 radical (unpaired) electrons. The van der Waals surface area contributed by atoms with Crippen molar-refractivity contribution in [3.8, 4) is 0 Å². The summed E-state index contributed by atoms with van der Waals surface area (Å²) in [7, 11) is 0. The van der Waals surface area contributed by atoms with Crippen LogP contribution in [0.3, 0.4) is 0 Å². The van der Waals surface area contributed by atoms with Crippen molar-refractivity contribution in [2.24, 2.45) is 0 Å². The lowest BCUT2D eigenvalue weighted by Gasteiger charge is -2.39. The van der Waals surface area contributed by atoms with Crippen molar-refractivity contribution >= 4 is 22.9 Å². The number of nitrogens with one attached hydrogen (secondary N) is 1. The van der Waals surface area contributed by atoms with Crippen molar-refractivity contribution in [1.82, 2.24) is 9.97 Å². The third-order valence-electron chi connectivity index (χ3n) is 5.69. The Hall–Kier alpha value is -1.83. The number of aromatic nitrogens is 2. The van der Waals surface area contributed by atoms with Crippen LogP contribution >= 0.6 is 0 Å². The molecule has 1 atom stereocenters. The third kappa shape index (κ3) is 3.39. The fourth-order valence-corrected chi connectivity index (χ4v) is 5.39. The second-order valence-corrected chi connectivity index (χ2v) is 9.06. The van der Waals surface area contributed by atoms with Gasteiger partial charge in [0.2, 0.25) is 5.95 Å². The van der Waals surface area contributed by atoms with Crippen LogP contribution in [0.1, 0.15) is 30.0 Å². The van der Waals surface area contributed by atoms with Crippen LogP contribution in [0.2, 0.25) is 0 Å². The molecular formula is C20H25N4O2S+. The molecule has 6 nitrogen and oxygen atoms in total. The Bertz CT molecular complexity index is 807. The van der Waals surface area contributed by atoms with Gasteiger partial charge in [-0.3, -0.25) is 0 Å². The first-order valence-corrected chi connectivity index (χ1v) is 11.1. The summed E-state index contributed by atoms with van der Waals surface area (Å²) < 4.78 is 15.9. The van der Waals surface area contributed by atoms with Gasteiger partial charge in [-0.1, -0.05) is 30.3 Å². The van der Waals surface area contributed by atoms with Gasteiger partial charge >= 0.3 is 0 Å². The minimum atomic E-state index is -0.743. The van der Waals surface area contributed by atoms with Gasteiger partial charge in [-0.15, -0.1) is 0 Å². The average Bonchev–Trinajstić information content (AvgIpc) is 3.04. The Morgan fingerprint density at radius 2 is 1.89 bits per heavy atom. The van der Waals surface area contributed by atoms with Gasteiger partial charge in [0.05, 0.1) is 0 Å². The number of fused-ring (bicyclic) bond motifs is 1. The molecule has 0 amide bonds. The van der Waals surface area contributed by atoms with Gasteiger partial charge in [-0.2, -0.15) is 9.54 Å². The van der Waals surface area contributed by atoms with E-state index in [1.165, 1.54) is 5.56 Å². The van der Waals surface area contributed by atoms with Crippen molar-refractivity contribution < 1.29 is 9.29 Å². The quantitative estimate of drug-likeness (QED) is 0.789. The van der Waals surface area contributed by atoms with Crippen LogP contribution in [0.25, 0.3) is 0 Å². The van der Waals surface area contributed by atoms with Crippen LogP contribution in [0, 0.1) is 0 Å². The standard InChI is InChI=1S/C20H25N4O2S/c25-27-11-8-17-18(27)19(21-16-6-9-26-10-7-16)23-20(22-17)24-12-15(13-24)14-4-2-1-3-5-14/h1-5,15-16,25H,6-13H2,(H,21,22,23)/q+1. The fraction of sp³-hybridized carbons (Fsp3) is 0.500. The Labute approximate surface area is 162 Å². The Morgan fingerprint density at radius 1 is 1.11 bits per heavy atom. The molecule has 2 fully saturated rings. The first-order chi connectivity index (χ1) is 13.3. The Balaban J connectivity index is 1.37. The highest BCUT2D eigenvalue weighted by Gasteiger charge is 2.40. The molecule has 1 unspecified atom stereocenters. The molecule has 1 aromatic heterocycles. The van der Waals surface area contributed by atoms with Gasteiger partial charge in [-0.25, -0.2) is 4.98 Å². The van der Waals surface area contributed by atoms with Crippen molar-refractivity contribution in [1.29, 1.82) is 0 Å². The summed E-state index contributed by atoms with van der Waals surface area (Å²) in [6, 6.07) is 11.0. The van der Waals surface area contributed by atoms with E-state index in [1.54, 1.807) is 0 Å². The molecule has 3 aliphatic rings. The molecule has 0 spiro atoms. The largest absolute Gasteiger partial charge is 0.381 e. The molecule has 3 aliphatic heterocycles. The third-order valence-corrected chi connectivity index (χ3v) is 7.18. The molecule has 2 aromatic rings. The summed E-state index contributed by atoms with van der Waals surface area (Å²) in [6.45, 7) is 3.47. The minimum Gasteiger partial charge on any atom is -0.381 e. The smallest absolute Gasteiger partial charge is 0.253 e. The minimum absolute atomic E-state index is 0.358. The van der Waals surface area contributed by atoms with E-state index >= 15 is 0 Å². The number of benzene rings is 1. The molecule has 0 aliphatic carbocycles. The van der Waals surface area contributed by atoms with Gasteiger partial charge in [0, 0.05) is 44.7 Å². The van der Waals surface area contributed by atoms with Crippen LogP contribution < -0.4 is 10.2 Å². The number of aryl methyl sites for hydroxylation is 1. The normalized spacial score (nSPS) is 23.1. The Morgan fingerprint density at radius 3 is 2.67 bits per heavy atom. The lowest BCUT2D eigenvalue weighted by atomic mass is 9.92. The average molecular weight is 386 g/mol. The molecule has 4 heterocycles. The molecule has 27 heavy (non-hydrogen) atoms. The number of hydrogen-bond donors (Lipinski definition) is 2. The molecule has 7 heteroatoms. The summed E-state index contributed by atoms with van der Waals surface area (Å²) in [5, 5.41) is 3.59. The van der Waals surface area contributed by atoms with Gasteiger partial charge in [-0.05, 0) is 18.4 Å². The van der Waals surface area contributed by atoms with Crippen LogP contribution in [0.4, 0.5) is 11.8 Å². The maximum Gasteiger partial charge on any atom is 0.253 e. The van der Waals surface area contributed by atoms with Crippen LogP contribution in [-0.2, 0) is 22.3 Å². The lowest BCUT2D eigenvalue weighted by Crippen LogP contribution is -2.46. The summed E-state index contributed by atoms with van der Waals surface area (Å²) in [5.74, 6) is 2.95. The van der Waals surface area contributed by atoms with E-state index in [9.17, 15) is 4.55 Å². The van der Waals surface area contributed by atoms with Crippen molar-refractivity contribution in [2.45, 2.75) is 36.1 Å². The number of ether oxygens (including phenoxy) is 1. The van der Waals surface area contributed by atoms with Gasteiger partial charge in [0.1, 0.15) is 5.69 Å². The highest BCUT2D eigenvalue weighted by molar-refractivity contribution is 7.92. The fourth-order valence-electron chi connectivity index (χ4n) is 4.05. The molecule has 0 bridgehead atoms. The number of nitrogens with zero attached hydrogens (tertiary/aromatic N) is 3. The second kappa shape index (κ2) is 7.30. The number of hydrogen-bond acceptors (Lipinski definition) is 6. The summed E-state index contributed by atoms with van der Waals surface area (Å²) in [5.41, 5.74) is 2.40. The maximum absolute atomic E-state index is 10.5. The van der Waals surface area contributed by atoms with Crippen LogP contribution in [0.5, 0.6) is 0 Å². The topological polar surface area (TPSA) is 70.5 Å². The highest BCUT2D eigenvalue weighted by Crippen LogP contribution is 2.36. The summed E-state index contributed by atoms with van der Waals surface area (Å²) >= 11 is -0.743. The van der Waals surface area contributed by atoms with Gasteiger partial charge in [0.15, 0.2) is 22.7 Å². The van der Waals surface area contributed by atoms with Gasteiger partial charge < -0.3 is 15.0 Å². The second-order valence-electron chi connectivity index (χ2n) is 7.51. The zero-order chi connectivity index (χ0) is 18.2. The molecule has 0 saturated carbocycles. The monoisotopic (exact) mass is 385 g/mol. The summed E-state index contributed by atoms with van der Waals surface area (Å²) in [6.07, 6.45) is 2.79. The zero-order valence-electron chi connectivity index (χ0n) is 15.3. The van der Waals surface area contributed by atoms with Crippen molar-refractivity contribution in [3.63, 3.8) is 0 Å². The van der Waals surface area contributed by atoms with Crippen molar-refractivity contribution in [3.05, 3.63) is 41.6 Å². The first kappa shape index (κ1) is 17.3. The van der Waals surface area contributed by atoms with E-state index in [2.05, 4.69) is 40.5 Å². The van der Waals surface area contributed by atoms with E-state index in [0.717, 1.165) is 73.7 Å². The Kier molecular flexibility index (Phi) is 4.67. The predicted octanol–water partition coefficient (Wildman–Crippen LogP) is 2.68. The molecule has 5 rings (SSSR count). The molecule has 2 N–H and O–H groups in total. The molecular weight excluding hydrogens is 360 g/mol. The van der Waals surface area contributed by atoms with E-state index in [4.69, 9.17) is 14.7 Å². The van der Waals surface area contributed by atoms with E-state index in [0.29, 0.717) is 12.0 Å². The molecule has 2 saturated heterocycles. The van der Waals surface area contributed by atoms with E-state index < -0.39 is 11.2 Å². The summed E-state index contributed by atoms with van der Waals surface area (Å²) in [4.78, 5) is 12.8. The highest BCUT2D eigenvalue weighted by atomic mass is 32.2.